The molecule has 0 aliphatic heterocycles. The van der Waals surface area contributed by atoms with Gasteiger partial charge in [-0.1, -0.05) is 164 Å². The van der Waals surface area contributed by atoms with E-state index in [9.17, 15) is 0 Å². The lowest BCUT2D eigenvalue weighted by molar-refractivity contribution is 1.62. The number of hydrogen-bond acceptors (Lipinski definition) is 1. The molecule has 10 aromatic rings. The summed E-state index contributed by atoms with van der Waals surface area (Å²) in [5.41, 5.74) is 9.66. The summed E-state index contributed by atoms with van der Waals surface area (Å²) in [6.45, 7) is 0. The van der Waals surface area contributed by atoms with Crippen LogP contribution in [0.3, 0.4) is 0 Å². The van der Waals surface area contributed by atoms with E-state index < -0.39 is 0 Å². The molecule has 0 unspecified atom stereocenters. The van der Waals surface area contributed by atoms with E-state index in [1.165, 1.54) is 81.5 Å². The molecule has 0 amide bonds. The van der Waals surface area contributed by atoms with Gasteiger partial charge in [0.25, 0.3) is 0 Å². The zero-order chi connectivity index (χ0) is 34.1. The Balaban J connectivity index is 1.09. The van der Waals surface area contributed by atoms with Gasteiger partial charge in [0.2, 0.25) is 0 Å². The van der Waals surface area contributed by atoms with Gasteiger partial charge >= 0.3 is 0 Å². The molecule has 0 N–H and O–H groups in total. The van der Waals surface area contributed by atoms with E-state index in [2.05, 4.69) is 140 Å². The van der Waals surface area contributed by atoms with E-state index >= 15 is 0 Å². The highest BCUT2D eigenvalue weighted by molar-refractivity contribution is 7.25. The third-order valence-electron chi connectivity index (χ3n) is 9.95. The fourth-order valence-corrected chi connectivity index (χ4v) is 8.77. The summed E-state index contributed by atoms with van der Waals surface area (Å²) < 4.78 is 18.5. The first kappa shape index (κ1) is 26.0. The van der Waals surface area contributed by atoms with Crippen molar-refractivity contribution in [3.8, 4) is 44.5 Å². The van der Waals surface area contributed by atoms with Crippen molar-refractivity contribution in [2.24, 2.45) is 0 Å². The maximum Gasteiger partial charge on any atom is 0.0623 e. The van der Waals surface area contributed by atoms with Crippen molar-refractivity contribution in [2.45, 2.75) is 0 Å². The second-order valence-corrected chi connectivity index (χ2v) is 13.8. The Labute approximate surface area is 292 Å². The highest BCUT2D eigenvalue weighted by Crippen LogP contribution is 2.45. The van der Waals surface area contributed by atoms with Crippen molar-refractivity contribution >= 4 is 63.8 Å². The summed E-state index contributed by atoms with van der Waals surface area (Å²) >= 11 is 1.76. The fourth-order valence-electron chi connectivity index (χ4n) is 7.66. The van der Waals surface area contributed by atoms with E-state index in [-0.39, 0.29) is 0 Å². The predicted molar refractivity (Wildman–Crippen MR) is 214 cm³/mol. The van der Waals surface area contributed by atoms with Gasteiger partial charge < -0.3 is 0 Å². The Kier molecular flexibility index (Phi) is 6.00. The lowest BCUT2D eigenvalue weighted by Gasteiger charge is -2.18. The molecular weight excluding hydrogens is 609 g/mol. The van der Waals surface area contributed by atoms with E-state index in [1.54, 1.807) is 11.3 Å². The molecule has 228 valence electrons. The SMILES string of the molecule is [2H]c1ccc2cc(-c3ccc(-c4c5ccccc5c(-c5ccc(-c6cccc7sc8cc([2H])ccc8c67)cc5)c5ccccc45)cc3)ccc2c1. The Morgan fingerprint density at radius 2 is 0.898 bits per heavy atom. The predicted octanol–water partition coefficient (Wildman–Crippen LogP) is 14.2. The van der Waals surface area contributed by atoms with Crippen LogP contribution < -0.4 is 0 Å². The van der Waals surface area contributed by atoms with Crippen LogP contribution in [0.5, 0.6) is 0 Å². The van der Waals surface area contributed by atoms with Gasteiger partial charge in [-0.15, -0.1) is 11.3 Å². The first-order valence-corrected chi connectivity index (χ1v) is 17.5. The molecule has 1 aromatic heterocycles. The number of hydrogen-bond donors (Lipinski definition) is 0. The minimum Gasteiger partial charge on any atom is -0.135 e. The second kappa shape index (κ2) is 11.3. The molecule has 0 atom stereocenters. The van der Waals surface area contributed by atoms with Gasteiger partial charge in [-0.3, -0.25) is 0 Å². The third-order valence-corrected chi connectivity index (χ3v) is 11.1. The summed E-state index contributed by atoms with van der Waals surface area (Å²) in [6.07, 6.45) is 0. The van der Waals surface area contributed by atoms with Crippen LogP contribution in [0.1, 0.15) is 2.74 Å². The average molecular weight is 641 g/mol. The summed E-state index contributed by atoms with van der Waals surface area (Å²) in [7, 11) is 0. The molecule has 0 nitrogen and oxygen atoms in total. The van der Waals surface area contributed by atoms with Crippen LogP contribution in [0.15, 0.2) is 182 Å². The minimum atomic E-state index is 0.535. The van der Waals surface area contributed by atoms with Gasteiger partial charge in [0, 0.05) is 20.2 Å². The van der Waals surface area contributed by atoms with Gasteiger partial charge in [-0.05, 0) is 95.0 Å². The van der Waals surface area contributed by atoms with E-state index in [0.29, 0.717) is 12.1 Å². The van der Waals surface area contributed by atoms with Gasteiger partial charge in [-0.2, -0.15) is 0 Å². The molecule has 0 saturated heterocycles. The van der Waals surface area contributed by atoms with Crippen molar-refractivity contribution in [1.82, 2.24) is 0 Å². The van der Waals surface area contributed by atoms with Crippen LogP contribution in [0.4, 0.5) is 0 Å². The highest BCUT2D eigenvalue weighted by atomic mass is 32.1. The topological polar surface area (TPSA) is 0 Å². The molecule has 10 rings (SSSR count). The maximum absolute atomic E-state index is 8.12. The molecule has 0 spiro atoms. The molecule has 0 bridgehead atoms. The van der Waals surface area contributed by atoms with Crippen molar-refractivity contribution in [2.75, 3.05) is 0 Å². The molecule has 0 aliphatic rings. The van der Waals surface area contributed by atoms with Crippen LogP contribution >= 0.6 is 11.3 Å². The molecule has 1 heteroatoms. The molecule has 9 aromatic carbocycles. The lowest BCUT2D eigenvalue weighted by atomic mass is 9.85. The number of thiophene rings is 1. The van der Waals surface area contributed by atoms with Crippen molar-refractivity contribution in [3.63, 3.8) is 0 Å². The average Bonchev–Trinajstić information content (AvgIpc) is 3.55. The maximum atomic E-state index is 8.12. The Morgan fingerprint density at radius 3 is 1.57 bits per heavy atom. The standard InChI is InChI=1S/C48H30S/c1-2-11-36-30-37(29-22-31(36)10-1)32-20-25-34(26-21-32)46-39-12-3-5-14-41(39)47(42-15-6-4-13-40(42)46)35-27-23-33(24-28-35)38-17-9-19-45-48(38)43-16-7-8-18-44(43)49-45/h1-30H/i1D,8D. The Hall–Kier alpha value is -6.02. The molecular formula is C48H30S. The van der Waals surface area contributed by atoms with Crippen LogP contribution in [0.2, 0.25) is 0 Å². The minimum absolute atomic E-state index is 0.535. The van der Waals surface area contributed by atoms with Gasteiger partial charge in [-0.25, -0.2) is 0 Å². The number of benzene rings is 9. The van der Waals surface area contributed by atoms with Crippen LogP contribution in [0, 0.1) is 0 Å². The van der Waals surface area contributed by atoms with E-state index in [4.69, 9.17) is 2.74 Å². The van der Waals surface area contributed by atoms with Crippen molar-refractivity contribution < 1.29 is 2.74 Å². The lowest BCUT2D eigenvalue weighted by Crippen LogP contribution is -1.91. The summed E-state index contributed by atoms with van der Waals surface area (Å²) in [5.74, 6) is 0. The van der Waals surface area contributed by atoms with Gasteiger partial charge in [0.1, 0.15) is 0 Å². The van der Waals surface area contributed by atoms with Crippen LogP contribution in [-0.2, 0) is 0 Å². The summed E-state index contributed by atoms with van der Waals surface area (Å²) in [4.78, 5) is 0. The van der Waals surface area contributed by atoms with Crippen LogP contribution in [0.25, 0.3) is 97.0 Å². The highest BCUT2D eigenvalue weighted by Gasteiger charge is 2.17. The molecule has 0 saturated carbocycles. The number of fused-ring (bicyclic) bond motifs is 6. The summed E-state index contributed by atoms with van der Waals surface area (Å²) in [6, 6.07) is 61.6. The van der Waals surface area contributed by atoms with Crippen LogP contribution in [-0.4, -0.2) is 0 Å². The van der Waals surface area contributed by atoms with E-state index in [0.717, 1.165) is 15.5 Å². The number of rotatable bonds is 4. The molecule has 1 heterocycles. The second-order valence-electron chi connectivity index (χ2n) is 12.7. The molecule has 0 aliphatic carbocycles. The molecule has 49 heavy (non-hydrogen) atoms. The normalized spacial score (nSPS) is 12.2. The van der Waals surface area contributed by atoms with Gasteiger partial charge in [0.05, 0.1) is 2.74 Å². The zero-order valence-electron chi connectivity index (χ0n) is 28.6. The Bertz CT molecular complexity index is 2910. The van der Waals surface area contributed by atoms with Crippen molar-refractivity contribution in [3.05, 3.63) is 182 Å². The molecule has 0 radical (unpaired) electrons. The monoisotopic (exact) mass is 640 g/mol. The largest absolute Gasteiger partial charge is 0.135 e. The smallest absolute Gasteiger partial charge is 0.0623 e. The van der Waals surface area contributed by atoms with E-state index in [1.807, 2.05) is 30.3 Å². The quantitative estimate of drug-likeness (QED) is 0.168. The zero-order valence-corrected chi connectivity index (χ0v) is 27.4. The Morgan fingerprint density at radius 1 is 0.347 bits per heavy atom. The first-order valence-electron chi connectivity index (χ1n) is 17.7. The first-order chi connectivity index (χ1) is 25.1. The fraction of sp³-hybridized carbons (Fsp3) is 0. The van der Waals surface area contributed by atoms with Gasteiger partial charge in [0.15, 0.2) is 0 Å². The molecule has 0 fully saturated rings. The van der Waals surface area contributed by atoms with Crippen molar-refractivity contribution in [1.29, 1.82) is 0 Å². The summed E-state index contributed by atoms with van der Waals surface area (Å²) in [5, 5.41) is 9.67. The third kappa shape index (κ3) is 4.58.